The molecule has 3 aromatic rings. The SMILES string of the molecule is COc1ccc(-c2nc(C)nc3c2CN([S+](=O)([O-])c2ccc(C)cc2)CC3)cc1. The molecule has 0 aliphatic carbocycles. The number of hydrogen-bond donors (Lipinski definition) is 0. The molecule has 0 saturated heterocycles. The van der Waals surface area contributed by atoms with Gasteiger partial charge in [0.1, 0.15) is 11.6 Å². The Hall–Kier alpha value is -2.61. The molecular formula is C22H23N3O3S. The van der Waals surface area contributed by atoms with Crippen LogP contribution in [0.3, 0.4) is 0 Å². The van der Waals surface area contributed by atoms with Gasteiger partial charge in [-0.3, -0.25) is 0 Å². The van der Waals surface area contributed by atoms with Crippen LogP contribution in [-0.4, -0.2) is 32.5 Å². The van der Waals surface area contributed by atoms with E-state index >= 15 is 0 Å². The summed E-state index contributed by atoms with van der Waals surface area (Å²) < 4.78 is 33.1. The summed E-state index contributed by atoms with van der Waals surface area (Å²) in [5.74, 6) is 1.45. The third-order valence-electron chi connectivity index (χ3n) is 5.16. The van der Waals surface area contributed by atoms with Crippen LogP contribution >= 0.6 is 0 Å². The quantitative estimate of drug-likeness (QED) is 0.614. The van der Waals surface area contributed by atoms with Gasteiger partial charge in [-0.1, -0.05) is 21.9 Å². The van der Waals surface area contributed by atoms with Gasteiger partial charge in [0.25, 0.3) is 0 Å². The van der Waals surface area contributed by atoms with E-state index in [-0.39, 0.29) is 6.54 Å². The number of benzene rings is 2. The summed E-state index contributed by atoms with van der Waals surface area (Å²) in [4.78, 5) is 9.53. The van der Waals surface area contributed by atoms with Crippen LogP contribution in [0, 0.1) is 13.8 Å². The van der Waals surface area contributed by atoms with Crippen molar-refractivity contribution in [2.75, 3.05) is 13.7 Å². The molecule has 2 aromatic carbocycles. The van der Waals surface area contributed by atoms with Crippen LogP contribution in [0.5, 0.6) is 5.75 Å². The van der Waals surface area contributed by atoms with Crippen molar-refractivity contribution < 1.29 is 13.5 Å². The van der Waals surface area contributed by atoms with Crippen molar-refractivity contribution >= 4 is 10.4 Å². The number of aromatic nitrogens is 2. The first-order valence-electron chi connectivity index (χ1n) is 9.46. The van der Waals surface area contributed by atoms with Crippen molar-refractivity contribution in [1.29, 1.82) is 0 Å². The Morgan fingerprint density at radius 1 is 1.03 bits per heavy atom. The highest BCUT2D eigenvalue weighted by Gasteiger charge is 2.35. The fourth-order valence-corrected chi connectivity index (χ4v) is 4.97. The van der Waals surface area contributed by atoms with Gasteiger partial charge in [-0.25, -0.2) is 9.97 Å². The molecule has 1 atom stereocenters. The van der Waals surface area contributed by atoms with Crippen LogP contribution in [0.2, 0.25) is 0 Å². The van der Waals surface area contributed by atoms with Crippen LogP contribution < -0.4 is 4.74 Å². The lowest BCUT2D eigenvalue weighted by atomic mass is 10.00. The predicted octanol–water partition coefficient (Wildman–Crippen LogP) is 3.73. The molecule has 1 aromatic heterocycles. The molecule has 0 saturated carbocycles. The molecule has 0 fully saturated rings. The van der Waals surface area contributed by atoms with E-state index in [9.17, 15) is 8.76 Å². The van der Waals surface area contributed by atoms with Crippen molar-refractivity contribution in [2.45, 2.75) is 31.7 Å². The molecule has 0 amide bonds. The number of nitrogens with zero attached hydrogens (tertiary/aromatic N) is 3. The molecule has 29 heavy (non-hydrogen) atoms. The van der Waals surface area contributed by atoms with Crippen molar-refractivity contribution in [3.05, 3.63) is 71.2 Å². The van der Waals surface area contributed by atoms with Gasteiger partial charge in [-0.15, -0.1) is 4.31 Å². The smallest absolute Gasteiger partial charge is 0.175 e. The maximum atomic E-state index is 13.2. The standard InChI is InChI=1S/C22H23N3O3S/c1-15-4-10-19(11-5-15)29(26,27)25-13-12-21-20(14-25)22(24-16(2)23-21)17-6-8-18(28-3)9-7-17/h4-11H,12-14H2,1-3H3. The Labute approximate surface area is 172 Å². The highest BCUT2D eigenvalue weighted by Crippen LogP contribution is 2.33. The maximum absolute atomic E-state index is 13.2. The van der Waals surface area contributed by atoms with Crippen molar-refractivity contribution in [3.63, 3.8) is 0 Å². The van der Waals surface area contributed by atoms with Crippen molar-refractivity contribution in [3.8, 4) is 17.0 Å². The average molecular weight is 410 g/mol. The lowest BCUT2D eigenvalue weighted by molar-refractivity contribution is 0.337. The summed E-state index contributed by atoms with van der Waals surface area (Å²) in [5, 5.41) is 0. The molecule has 6 nitrogen and oxygen atoms in total. The van der Waals surface area contributed by atoms with E-state index in [4.69, 9.17) is 4.74 Å². The maximum Gasteiger partial charge on any atom is 0.175 e. The highest BCUT2D eigenvalue weighted by molar-refractivity contribution is 7.95. The molecule has 0 bridgehead atoms. The van der Waals surface area contributed by atoms with Crippen molar-refractivity contribution in [2.24, 2.45) is 0 Å². The van der Waals surface area contributed by atoms with E-state index in [1.54, 1.807) is 19.2 Å². The summed E-state index contributed by atoms with van der Waals surface area (Å²) in [6.45, 7) is 4.46. The first kappa shape index (κ1) is 19.7. The Balaban J connectivity index is 1.73. The monoisotopic (exact) mass is 409 g/mol. The summed E-state index contributed by atoms with van der Waals surface area (Å²) in [5.41, 5.74) is 4.50. The van der Waals surface area contributed by atoms with Crippen molar-refractivity contribution in [1.82, 2.24) is 14.3 Å². The molecule has 1 unspecified atom stereocenters. The zero-order valence-corrected chi connectivity index (χ0v) is 17.5. The molecule has 150 valence electrons. The van der Waals surface area contributed by atoms with Gasteiger partial charge < -0.3 is 9.29 Å². The van der Waals surface area contributed by atoms with Crippen LogP contribution in [0.1, 0.15) is 22.6 Å². The van der Waals surface area contributed by atoms with Gasteiger partial charge in [0.05, 0.1) is 31.6 Å². The normalized spacial score (nSPS) is 16.1. The summed E-state index contributed by atoms with van der Waals surface area (Å²) >= 11 is 0. The molecule has 1 aliphatic rings. The highest BCUT2D eigenvalue weighted by atomic mass is 32.3. The minimum absolute atomic E-state index is 0.257. The number of fused-ring (bicyclic) bond motifs is 1. The van der Waals surface area contributed by atoms with Gasteiger partial charge >= 0.3 is 0 Å². The molecule has 0 radical (unpaired) electrons. The zero-order valence-electron chi connectivity index (χ0n) is 16.7. The van der Waals surface area contributed by atoms with Gasteiger partial charge in [-0.05, 0) is 50.2 Å². The zero-order chi connectivity index (χ0) is 20.6. The molecule has 2 heterocycles. The van der Waals surface area contributed by atoms with E-state index < -0.39 is 10.4 Å². The number of ether oxygens (including phenoxy) is 1. The molecule has 1 aliphatic heterocycles. The first-order chi connectivity index (χ1) is 13.9. The van der Waals surface area contributed by atoms with Gasteiger partial charge in [0.2, 0.25) is 0 Å². The largest absolute Gasteiger partial charge is 0.593 e. The van der Waals surface area contributed by atoms with E-state index in [1.807, 2.05) is 50.2 Å². The van der Waals surface area contributed by atoms with Crippen LogP contribution in [0.25, 0.3) is 11.3 Å². The fourth-order valence-electron chi connectivity index (χ4n) is 3.56. The molecular weight excluding hydrogens is 386 g/mol. The summed E-state index contributed by atoms with van der Waals surface area (Å²) in [7, 11) is -1.96. The fraction of sp³-hybridized carbons (Fsp3) is 0.273. The topological polar surface area (TPSA) is 78.4 Å². The predicted molar refractivity (Wildman–Crippen MR) is 111 cm³/mol. The minimum atomic E-state index is -3.58. The molecule has 0 N–H and O–H groups in total. The second kappa shape index (κ2) is 7.67. The number of methoxy groups -OCH3 is 1. The average Bonchev–Trinajstić information content (AvgIpc) is 2.73. The molecule has 7 heteroatoms. The van der Waals surface area contributed by atoms with Gasteiger partial charge in [-0.2, -0.15) is 0 Å². The number of sulfonamides is 1. The second-order valence-corrected chi connectivity index (χ2v) is 9.11. The second-order valence-electron chi connectivity index (χ2n) is 7.17. The van der Waals surface area contributed by atoms with E-state index in [1.165, 1.54) is 4.31 Å². The lowest BCUT2D eigenvalue weighted by Crippen LogP contribution is -2.40. The molecule has 0 spiro atoms. The number of hydrogen-bond acceptors (Lipinski definition) is 5. The summed E-state index contributed by atoms with van der Waals surface area (Å²) in [6, 6.07) is 14.6. The Kier molecular flexibility index (Phi) is 5.21. The number of aryl methyl sites for hydroxylation is 2. The van der Waals surface area contributed by atoms with E-state index in [2.05, 4.69) is 9.97 Å². The Morgan fingerprint density at radius 3 is 2.38 bits per heavy atom. The minimum Gasteiger partial charge on any atom is -0.593 e. The van der Waals surface area contributed by atoms with E-state index in [0.29, 0.717) is 23.7 Å². The van der Waals surface area contributed by atoms with E-state index in [0.717, 1.165) is 33.8 Å². The molecule has 4 rings (SSSR count). The van der Waals surface area contributed by atoms with Crippen LogP contribution in [0.15, 0.2) is 53.4 Å². The number of rotatable bonds is 4. The van der Waals surface area contributed by atoms with Gasteiger partial charge in [0.15, 0.2) is 15.3 Å². The van der Waals surface area contributed by atoms with Crippen LogP contribution in [-0.2, 0) is 27.6 Å². The van der Waals surface area contributed by atoms with Gasteiger partial charge in [0, 0.05) is 17.5 Å². The lowest BCUT2D eigenvalue weighted by Gasteiger charge is -2.32. The first-order valence-corrected chi connectivity index (χ1v) is 10.9. The third-order valence-corrected chi connectivity index (χ3v) is 7.02. The van der Waals surface area contributed by atoms with Crippen LogP contribution in [0.4, 0.5) is 0 Å². The Bertz CT molecular complexity index is 1080. The Morgan fingerprint density at radius 2 is 1.72 bits per heavy atom. The summed E-state index contributed by atoms with van der Waals surface area (Å²) in [6.07, 6.45) is 0.562. The third kappa shape index (κ3) is 3.81.